The molecule has 1 saturated heterocycles. The highest BCUT2D eigenvalue weighted by Gasteiger charge is 2.26. The van der Waals surface area contributed by atoms with Gasteiger partial charge < -0.3 is 10.2 Å². The van der Waals surface area contributed by atoms with Gasteiger partial charge in [-0.25, -0.2) is 18.4 Å². The summed E-state index contributed by atoms with van der Waals surface area (Å²) in [5.41, 5.74) is 0.966. The van der Waals surface area contributed by atoms with E-state index in [9.17, 15) is 8.42 Å². The monoisotopic (exact) mass is 332 g/mol. The molecular formula is C16H20N4O2S. The minimum atomic E-state index is -2.93. The van der Waals surface area contributed by atoms with Gasteiger partial charge in [0.2, 0.25) is 0 Å². The molecule has 7 heteroatoms. The molecule has 1 atom stereocenters. The third kappa shape index (κ3) is 4.41. The van der Waals surface area contributed by atoms with Crippen LogP contribution in [0.5, 0.6) is 0 Å². The maximum atomic E-state index is 11.4. The van der Waals surface area contributed by atoms with Gasteiger partial charge in [-0.15, -0.1) is 0 Å². The molecule has 1 unspecified atom stereocenters. The number of rotatable bonds is 5. The van der Waals surface area contributed by atoms with Gasteiger partial charge in [0.15, 0.2) is 0 Å². The molecule has 3 rings (SSSR count). The molecule has 0 saturated carbocycles. The van der Waals surface area contributed by atoms with Crippen LogP contribution in [-0.2, 0) is 9.84 Å². The lowest BCUT2D eigenvalue weighted by atomic mass is 10.2. The van der Waals surface area contributed by atoms with Gasteiger partial charge in [0, 0.05) is 31.1 Å². The van der Waals surface area contributed by atoms with Gasteiger partial charge in [-0.3, -0.25) is 0 Å². The van der Waals surface area contributed by atoms with E-state index in [4.69, 9.17) is 0 Å². The largest absolute Gasteiger partial charge is 0.356 e. The van der Waals surface area contributed by atoms with Crippen molar-refractivity contribution in [1.82, 2.24) is 9.97 Å². The number of nitrogens with one attached hydrogen (secondary N) is 1. The first-order valence-corrected chi connectivity index (χ1v) is 9.62. The number of para-hydroxylation sites is 1. The number of aromatic nitrogens is 2. The molecule has 1 aromatic heterocycles. The highest BCUT2D eigenvalue weighted by atomic mass is 32.2. The zero-order valence-corrected chi connectivity index (χ0v) is 13.8. The highest BCUT2D eigenvalue weighted by Crippen LogP contribution is 2.25. The summed E-state index contributed by atoms with van der Waals surface area (Å²) in [5, 5.41) is 3.24. The Kier molecular flexibility index (Phi) is 4.47. The zero-order valence-electron chi connectivity index (χ0n) is 13.0. The van der Waals surface area contributed by atoms with Crippen LogP contribution in [0.15, 0.2) is 42.7 Å². The van der Waals surface area contributed by atoms with Crippen molar-refractivity contribution in [1.29, 1.82) is 0 Å². The van der Waals surface area contributed by atoms with Crippen LogP contribution < -0.4 is 10.2 Å². The van der Waals surface area contributed by atoms with Crippen LogP contribution in [0.3, 0.4) is 0 Å². The first-order valence-electron chi connectivity index (χ1n) is 7.56. The molecule has 0 aliphatic carbocycles. The van der Waals surface area contributed by atoms with E-state index in [0.29, 0.717) is 0 Å². The summed E-state index contributed by atoms with van der Waals surface area (Å²) in [6.07, 6.45) is 3.70. The van der Waals surface area contributed by atoms with Gasteiger partial charge in [-0.1, -0.05) is 18.2 Å². The Hall–Kier alpha value is -2.15. The van der Waals surface area contributed by atoms with Crippen LogP contribution in [0.25, 0.3) is 0 Å². The zero-order chi connectivity index (χ0) is 16.3. The first-order chi connectivity index (χ1) is 11.0. The van der Waals surface area contributed by atoms with E-state index in [1.807, 2.05) is 36.4 Å². The van der Waals surface area contributed by atoms with Crippen molar-refractivity contribution in [2.75, 3.05) is 35.3 Å². The number of benzene rings is 1. The summed E-state index contributed by atoms with van der Waals surface area (Å²) >= 11 is 0. The van der Waals surface area contributed by atoms with Crippen molar-refractivity contribution >= 4 is 27.2 Å². The van der Waals surface area contributed by atoms with Crippen molar-refractivity contribution in [2.45, 2.75) is 6.42 Å². The fourth-order valence-corrected chi connectivity index (χ4v) is 3.99. The van der Waals surface area contributed by atoms with Crippen LogP contribution >= 0.6 is 0 Å². The van der Waals surface area contributed by atoms with Crippen LogP contribution in [0.1, 0.15) is 6.42 Å². The second-order valence-electron chi connectivity index (χ2n) is 5.95. The lowest BCUT2D eigenvalue weighted by molar-refractivity contribution is 0.577. The van der Waals surface area contributed by atoms with Gasteiger partial charge >= 0.3 is 0 Å². The standard InChI is InChI=1S/C16H20N4O2S/c1-23(21,22)11-13-7-8-20(10-13)16-9-15(17-12-18-16)19-14-5-3-2-4-6-14/h2-6,9,12-13H,7-8,10-11H2,1H3,(H,17,18,19). The summed E-state index contributed by atoms with van der Waals surface area (Å²) in [4.78, 5) is 10.7. The SMILES string of the molecule is CS(=O)(=O)CC1CCN(c2cc(Nc3ccccc3)ncn2)C1. The molecule has 1 N–H and O–H groups in total. The van der Waals surface area contributed by atoms with Crippen LogP contribution in [-0.4, -0.2) is 43.5 Å². The van der Waals surface area contributed by atoms with E-state index in [1.54, 1.807) is 0 Å². The van der Waals surface area contributed by atoms with Crippen molar-refractivity contribution in [3.05, 3.63) is 42.7 Å². The smallest absolute Gasteiger partial charge is 0.147 e. The number of hydrogen-bond donors (Lipinski definition) is 1. The molecule has 1 aliphatic heterocycles. The molecule has 0 spiro atoms. The third-order valence-electron chi connectivity index (χ3n) is 3.85. The third-order valence-corrected chi connectivity index (χ3v) is 4.92. The van der Waals surface area contributed by atoms with E-state index in [-0.39, 0.29) is 11.7 Å². The van der Waals surface area contributed by atoms with Gasteiger partial charge in [0.05, 0.1) is 5.75 Å². The summed E-state index contributed by atoms with van der Waals surface area (Å²) in [6, 6.07) is 11.7. The summed E-state index contributed by atoms with van der Waals surface area (Å²) in [5.74, 6) is 1.97. The fourth-order valence-electron chi connectivity index (χ4n) is 2.86. The molecule has 2 aromatic rings. The van der Waals surface area contributed by atoms with Crippen molar-refractivity contribution in [3.63, 3.8) is 0 Å². The fraction of sp³-hybridized carbons (Fsp3) is 0.375. The molecule has 1 aliphatic rings. The maximum absolute atomic E-state index is 11.4. The van der Waals surface area contributed by atoms with Crippen LogP contribution in [0.2, 0.25) is 0 Å². The Morgan fingerprint density at radius 1 is 1.26 bits per heavy atom. The van der Waals surface area contributed by atoms with Crippen LogP contribution in [0.4, 0.5) is 17.3 Å². The summed E-state index contributed by atoms with van der Waals surface area (Å²) in [7, 11) is -2.93. The molecule has 0 bridgehead atoms. The summed E-state index contributed by atoms with van der Waals surface area (Å²) < 4.78 is 22.9. The Labute approximate surface area is 136 Å². The highest BCUT2D eigenvalue weighted by molar-refractivity contribution is 7.90. The number of sulfone groups is 1. The topological polar surface area (TPSA) is 75.2 Å². The van der Waals surface area contributed by atoms with Gasteiger partial charge in [-0.05, 0) is 24.5 Å². The molecular weight excluding hydrogens is 312 g/mol. The van der Waals surface area contributed by atoms with E-state index in [0.717, 1.165) is 36.8 Å². The molecule has 6 nitrogen and oxygen atoms in total. The first kappa shape index (κ1) is 15.7. The maximum Gasteiger partial charge on any atom is 0.147 e. The van der Waals surface area contributed by atoms with E-state index < -0.39 is 9.84 Å². The molecule has 23 heavy (non-hydrogen) atoms. The van der Waals surface area contributed by atoms with Gasteiger partial charge in [0.1, 0.15) is 27.8 Å². The molecule has 0 amide bonds. The summed E-state index contributed by atoms with van der Waals surface area (Å²) in [6.45, 7) is 1.54. The molecule has 0 radical (unpaired) electrons. The molecule has 2 heterocycles. The van der Waals surface area contributed by atoms with E-state index >= 15 is 0 Å². The average molecular weight is 332 g/mol. The second kappa shape index (κ2) is 6.54. The number of anilines is 3. The average Bonchev–Trinajstić information content (AvgIpc) is 2.95. The van der Waals surface area contributed by atoms with Crippen molar-refractivity contribution in [3.8, 4) is 0 Å². The predicted octanol–water partition coefficient (Wildman–Crippen LogP) is 2.09. The Bertz CT molecular complexity index is 765. The lowest BCUT2D eigenvalue weighted by Gasteiger charge is -2.18. The Morgan fingerprint density at radius 3 is 2.78 bits per heavy atom. The quantitative estimate of drug-likeness (QED) is 0.904. The minimum Gasteiger partial charge on any atom is -0.356 e. The van der Waals surface area contributed by atoms with Gasteiger partial charge in [-0.2, -0.15) is 0 Å². The Balaban J connectivity index is 1.68. The van der Waals surface area contributed by atoms with E-state index in [1.165, 1.54) is 12.6 Å². The van der Waals surface area contributed by atoms with Crippen LogP contribution in [0, 0.1) is 5.92 Å². The van der Waals surface area contributed by atoms with E-state index in [2.05, 4.69) is 20.2 Å². The number of nitrogens with zero attached hydrogens (tertiary/aromatic N) is 3. The second-order valence-corrected chi connectivity index (χ2v) is 8.13. The minimum absolute atomic E-state index is 0.172. The normalized spacial score (nSPS) is 18.1. The molecule has 1 aromatic carbocycles. The number of hydrogen-bond acceptors (Lipinski definition) is 6. The van der Waals surface area contributed by atoms with Crippen molar-refractivity contribution in [2.24, 2.45) is 5.92 Å². The lowest BCUT2D eigenvalue weighted by Crippen LogP contribution is -2.23. The van der Waals surface area contributed by atoms with Crippen molar-refractivity contribution < 1.29 is 8.42 Å². The Morgan fingerprint density at radius 2 is 2.04 bits per heavy atom. The molecule has 1 fully saturated rings. The molecule has 122 valence electrons. The van der Waals surface area contributed by atoms with Gasteiger partial charge in [0.25, 0.3) is 0 Å². The predicted molar refractivity (Wildman–Crippen MR) is 91.8 cm³/mol.